The largest absolute Gasteiger partial charge is 0.346 e. The van der Waals surface area contributed by atoms with E-state index in [1.165, 1.54) is 0 Å². The number of carbonyl (C=O) groups excluding carboxylic acids is 1. The van der Waals surface area contributed by atoms with E-state index in [-0.39, 0.29) is 5.91 Å². The van der Waals surface area contributed by atoms with E-state index in [1.54, 1.807) is 6.20 Å². The van der Waals surface area contributed by atoms with Crippen molar-refractivity contribution in [2.24, 2.45) is 0 Å². The Balaban J connectivity index is 1.74. The molecule has 1 amide bonds. The molecule has 0 unspecified atom stereocenters. The molecule has 0 aliphatic carbocycles. The van der Waals surface area contributed by atoms with Crippen molar-refractivity contribution in [3.8, 4) is 0 Å². The summed E-state index contributed by atoms with van der Waals surface area (Å²) < 4.78 is 2.11. The van der Waals surface area contributed by atoms with Gasteiger partial charge in [-0.2, -0.15) is 0 Å². The van der Waals surface area contributed by atoms with E-state index in [1.807, 2.05) is 63.2 Å². The number of aryl methyl sites for hydroxylation is 2. The number of nitrogens with zero attached hydrogens (tertiary/aromatic N) is 3. The molecule has 25 heavy (non-hydrogen) atoms. The Bertz CT molecular complexity index is 884. The van der Waals surface area contributed by atoms with Crippen LogP contribution in [-0.2, 0) is 13.1 Å². The maximum absolute atomic E-state index is 12.6. The smallest absolute Gasteiger partial charge is 0.253 e. The first-order valence-corrected chi connectivity index (χ1v) is 8.32. The lowest BCUT2D eigenvalue weighted by Crippen LogP contribution is -2.24. The molecule has 3 aromatic rings. The Labute approximate surface area is 147 Å². The first-order chi connectivity index (χ1) is 12.0. The average Bonchev–Trinajstić information content (AvgIpc) is 2.89. The fraction of sp³-hybridized carbons (Fsp3) is 0.250. The summed E-state index contributed by atoms with van der Waals surface area (Å²) in [6.07, 6.45) is 1.78. The topological polar surface area (TPSA) is 59.8 Å². The first kappa shape index (κ1) is 16.9. The van der Waals surface area contributed by atoms with Crippen LogP contribution in [0.1, 0.15) is 38.8 Å². The van der Waals surface area contributed by atoms with Gasteiger partial charge in [0.25, 0.3) is 5.91 Å². The highest BCUT2D eigenvalue weighted by atomic mass is 16.1. The molecule has 128 valence electrons. The van der Waals surface area contributed by atoms with Crippen molar-refractivity contribution in [3.63, 3.8) is 0 Å². The summed E-state index contributed by atoms with van der Waals surface area (Å²) in [5.41, 5.74) is 5.46. The minimum absolute atomic E-state index is 0.0799. The Morgan fingerprint density at radius 1 is 1.08 bits per heavy atom. The fourth-order valence-electron chi connectivity index (χ4n) is 2.89. The van der Waals surface area contributed by atoms with Gasteiger partial charge in [0.2, 0.25) is 0 Å². The molecule has 0 aliphatic heterocycles. The Morgan fingerprint density at radius 2 is 1.88 bits per heavy atom. The third kappa shape index (κ3) is 3.94. The zero-order valence-electron chi connectivity index (χ0n) is 14.8. The van der Waals surface area contributed by atoms with Crippen LogP contribution in [0.15, 0.2) is 48.7 Å². The van der Waals surface area contributed by atoms with Gasteiger partial charge in [-0.15, -0.1) is 0 Å². The monoisotopic (exact) mass is 334 g/mol. The van der Waals surface area contributed by atoms with Gasteiger partial charge in [-0.05, 0) is 51.1 Å². The molecule has 0 bridgehead atoms. The van der Waals surface area contributed by atoms with Crippen molar-refractivity contribution in [1.82, 2.24) is 19.9 Å². The molecule has 3 aromatic heterocycles. The van der Waals surface area contributed by atoms with E-state index in [0.29, 0.717) is 18.7 Å². The molecule has 3 rings (SSSR count). The second kappa shape index (κ2) is 7.30. The summed E-state index contributed by atoms with van der Waals surface area (Å²) in [5.74, 6) is -0.0799. The van der Waals surface area contributed by atoms with E-state index in [0.717, 1.165) is 28.5 Å². The number of hydrogen-bond donors (Lipinski definition) is 1. The van der Waals surface area contributed by atoms with E-state index < -0.39 is 0 Å². The molecule has 0 spiro atoms. The van der Waals surface area contributed by atoms with Crippen LogP contribution in [-0.4, -0.2) is 20.4 Å². The van der Waals surface area contributed by atoms with Crippen LogP contribution in [0.5, 0.6) is 0 Å². The number of aromatic nitrogens is 3. The van der Waals surface area contributed by atoms with Crippen molar-refractivity contribution >= 4 is 5.91 Å². The minimum atomic E-state index is -0.0799. The van der Waals surface area contributed by atoms with Crippen molar-refractivity contribution in [2.75, 3.05) is 0 Å². The number of amides is 1. The lowest BCUT2D eigenvalue weighted by molar-refractivity contribution is 0.0949. The Morgan fingerprint density at radius 3 is 2.60 bits per heavy atom. The van der Waals surface area contributed by atoms with Crippen LogP contribution < -0.4 is 5.32 Å². The SMILES string of the molecule is Cc1cccc(CNC(=O)c2cc(C)n(Cc3ccccn3)c2C)n1. The summed E-state index contributed by atoms with van der Waals surface area (Å²) in [6.45, 7) is 7.00. The molecule has 0 atom stereocenters. The van der Waals surface area contributed by atoms with Crippen molar-refractivity contribution < 1.29 is 4.79 Å². The summed E-state index contributed by atoms with van der Waals surface area (Å²) >= 11 is 0. The summed E-state index contributed by atoms with van der Waals surface area (Å²) in [6, 6.07) is 13.6. The molecule has 0 saturated heterocycles. The maximum atomic E-state index is 12.6. The average molecular weight is 334 g/mol. The molecule has 0 radical (unpaired) electrons. The van der Waals surface area contributed by atoms with E-state index in [2.05, 4.69) is 19.9 Å². The summed E-state index contributed by atoms with van der Waals surface area (Å²) in [5, 5.41) is 2.96. The summed E-state index contributed by atoms with van der Waals surface area (Å²) in [4.78, 5) is 21.4. The predicted molar refractivity (Wildman–Crippen MR) is 97.4 cm³/mol. The van der Waals surface area contributed by atoms with Gasteiger partial charge in [0.15, 0.2) is 0 Å². The van der Waals surface area contributed by atoms with Gasteiger partial charge in [0.05, 0.1) is 30.0 Å². The molecular formula is C20H22N4O. The molecule has 5 nitrogen and oxygen atoms in total. The van der Waals surface area contributed by atoms with Crippen molar-refractivity contribution in [1.29, 1.82) is 0 Å². The zero-order chi connectivity index (χ0) is 17.8. The van der Waals surface area contributed by atoms with Crippen LogP contribution >= 0.6 is 0 Å². The molecule has 0 aliphatic rings. The van der Waals surface area contributed by atoms with Gasteiger partial charge >= 0.3 is 0 Å². The molecule has 0 saturated carbocycles. The van der Waals surface area contributed by atoms with E-state index in [9.17, 15) is 4.79 Å². The highest BCUT2D eigenvalue weighted by Crippen LogP contribution is 2.16. The third-order valence-electron chi connectivity index (χ3n) is 4.24. The lowest BCUT2D eigenvalue weighted by Gasteiger charge is -2.09. The number of nitrogens with one attached hydrogen (secondary N) is 1. The number of pyridine rings is 2. The maximum Gasteiger partial charge on any atom is 0.253 e. The van der Waals surface area contributed by atoms with Gasteiger partial charge in [0, 0.05) is 23.3 Å². The lowest BCUT2D eigenvalue weighted by atomic mass is 10.2. The van der Waals surface area contributed by atoms with Crippen molar-refractivity contribution in [3.05, 3.63) is 82.7 Å². The van der Waals surface area contributed by atoms with Crippen LogP contribution in [0.25, 0.3) is 0 Å². The van der Waals surface area contributed by atoms with E-state index in [4.69, 9.17) is 0 Å². The first-order valence-electron chi connectivity index (χ1n) is 8.32. The molecule has 5 heteroatoms. The van der Waals surface area contributed by atoms with Crippen LogP contribution in [0.3, 0.4) is 0 Å². The Hall–Kier alpha value is -2.95. The predicted octanol–water partition coefficient (Wildman–Crippen LogP) is 3.18. The Kier molecular flexibility index (Phi) is 4.93. The third-order valence-corrected chi connectivity index (χ3v) is 4.24. The van der Waals surface area contributed by atoms with Crippen LogP contribution in [0, 0.1) is 20.8 Å². The second-order valence-electron chi connectivity index (χ2n) is 6.15. The molecule has 0 fully saturated rings. The van der Waals surface area contributed by atoms with Gasteiger partial charge in [-0.1, -0.05) is 12.1 Å². The van der Waals surface area contributed by atoms with Gasteiger partial charge in [0.1, 0.15) is 0 Å². The fourth-order valence-corrected chi connectivity index (χ4v) is 2.89. The highest BCUT2D eigenvalue weighted by molar-refractivity contribution is 5.95. The van der Waals surface area contributed by atoms with Gasteiger partial charge in [-0.3, -0.25) is 14.8 Å². The number of hydrogen-bond acceptors (Lipinski definition) is 3. The molecule has 1 N–H and O–H groups in total. The normalized spacial score (nSPS) is 10.7. The number of rotatable bonds is 5. The molecular weight excluding hydrogens is 312 g/mol. The van der Waals surface area contributed by atoms with Crippen LogP contribution in [0.2, 0.25) is 0 Å². The number of carbonyl (C=O) groups is 1. The molecule has 0 aromatic carbocycles. The second-order valence-corrected chi connectivity index (χ2v) is 6.15. The van der Waals surface area contributed by atoms with Crippen molar-refractivity contribution in [2.45, 2.75) is 33.9 Å². The standard InChI is InChI=1S/C20H22N4O/c1-14-7-6-9-17(23-14)12-22-20(25)19-11-15(2)24(16(19)3)13-18-8-4-5-10-21-18/h4-11H,12-13H2,1-3H3,(H,22,25). The van der Waals surface area contributed by atoms with Gasteiger partial charge < -0.3 is 9.88 Å². The minimum Gasteiger partial charge on any atom is -0.346 e. The zero-order valence-corrected chi connectivity index (χ0v) is 14.8. The quantitative estimate of drug-likeness (QED) is 0.779. The molecule has 3 heterocycles. The summed E-state index contributed by atoms with van der Waals surface area (Å²) in [7, 11) is 0. The van der Waals surface area contributed by atoms with Crippen LogP contribution in [0.4, 0.5) is 0 Å². The van der Waals surface area contributed by atoms with E-state index >= 15 is 0 Å². The highest BCUT2D eigenvalue weighted by Gasteiger charge is 2.16. The van der Waals surface area contributed by atoms with Gasteiger partial charge in [-0.25, -0.2) is 0 Å².